The molecular weight excluding hydrogens is 268 g/mol. The normalized spacial score (nSPS) is 13.6. The third kappa shape index (κ3) is 3.24. The van der Waals surface area contributed by atoms with E-state index in [1.165, 1.54) is 6.26 Å². The lowest BCUT2D eigenvalue weighted by Crippen LogP contribution is -2.15. The summed E-state index contributed by atoms with van der Waals surface area (Å²) in [6, 6.07) is 4.78. The van der Waals surface area contributed by atoms with E-state index in [4.69, 9.17) is 14.9 Å². The van der Waals surface area contributed by atoms with E-state index in [-0.39, 0.29) is 12.2 Å². The number of ether oxygens (including phenoxy) is 1. The van der Waals surface area contributed by atoms with E-state index in [2.05, 4.69) is 4.98 Å². The van der Waals surface area contributed by atoms with E-state index >= 15 is 0 Å². The Morgan fingerprint density at radius 2 is 2.21 bits per heavy atom. The lowest BCUT2D eigenvalue weighted by molar-refractivity contribution is 0.419. The second kappa shape index (κ2) is 5.18. The summed E-state index contributed by atoms with van der Waals surface area (Å²) >= 11 is 0. The van der Waals surface area contributed by atoms with E-state index in [0.717, 1.165) is 0 Å². The van der Waals surface area contributed by atoms with Gasteiger partial charge in [0.05, 0.1) is 18.9 Å². The van der Waals surface area contributed by atoms with Gasteiger partial charge >= 0.3 is 0 Å². The maximum Gasteiger partial charge on any atom is 0.212 e. The number of hydrogen-bond donors (Lipinski definition) is 1. The summed E-state index contributed by atoms with van der Waals surface area (Å²) in [6.07, 6.45) is 1.45. The van der Waals surface area contributed by atoms with Crippen LogP contribution in [0.3, 0.4) is 0 Å². The molecule has 19 heavy (non-hydrogen) atoms. The first kappa shape index (κ1) is 13.8. The van der Waals surface area contributed by atoms with Gasteiger partial charge in [0.15, 0.2) is 11.1 Å². The van der Waals surface area contributed by atoms with Crippen molar-refractivity contribution in [3.63, 3.8) is 0 Å². The number of hydrogen-bond acceptors (Lipinski definition) is 6. The molecular formula is C12H16N2O4S. The smallest absolute Gasteiger partial charge is 0.212 e. The Hall–Kier alpha value is -1.60. The van der Waals surface area contributed by atoms with E-state index in [0.29, 0.717) is 22.7 Å². The van der Waals surface area contributed by atoms with Crippen LogP contribution < -0.4 is 10.5 Å². The molecule has 0 aliphatic rings. The van der Waals surface area contributed by atoms with Crippen molar-refractivity contribution in [2.75, 3.05) is 19.1 Å². The molecule has 0 fully saturated rings. The minimum Gasteiger partial charge on any atom is -0.494 e. The number of rotatable bonds is 5. The number of oxazole rings is 1. The molecule has 0 radical (unpaired) electrons. The van der Waals surface area contributed by atoms with Crippen molar-refractivity contribution in [2.45, 2.75) is 12.5 Å². The van der Waals surface area contributed by atoms with Crippen molar-refractivity contribution in [3.8, 4) is 5.75 Å². The molecule has 1 atom stereocenters. The average Bonchev–Trinajstić information content (AvgIpc) is 2.78. The van der Waals surface area contributed by atoms with Gasteiger partial charge in [-0.25, -0.2) is 13.4 Å². The van der Waals surface area contributed by atoms with Gasteiger partial charge in [0.1, 0.15) is 15.6 Å². The first-order valence-electron chi connectivity index (χ1n) is 5.77. The van der Waals surface area contributed by atoms with Crippen LogP contribution in [0.1, 0.15) is 18.4 Å². The Balaban J connectivity index is 2.26. The summed E-state index contributed by atoms with van der Waals surface area (Å²) < 4.78 is 32.9. The quantitative estimate of drug-likeness (QED) is 0.888. The summed E-state index contributed by atoms with van der Waals surface area (Å²) in [4.78, 5) is 4.27. The zero-order valence-corrected chi connectivity index (χ0v) is 11.6. The van der Waals surface area contributed by atoms with E-state index in [1.807, 2.05) is 0 Å². The molecule has 1 unspecified atom stereocenters. The number of sulfone groups is 1. The molecule has 0 saturated heterocycles. The van der Waals surface area contributed by atoms with Crippen molar-refractivity contribution in [1.29, 1.82) is 0 Å². The second-order valence-corrected chi connectivity index (χ2v) is 6.64. The van der Waals surface area contributed by atoms with Gasteiger partial charge in [0, 0.05) is 6.26 Å². The lowest BCUT2D eigenvalue weighted by Gasteiger charge is -2.05. The molecule has 2 aromatic rings. The number of nitrogens with zero attached hydrogens (tertiary/aromatic N) is 1. The molecule has 0 aliphatic heterocycles. The monoisotopic (exact) mass is 284 g/mol. The van der Waals surface area contributed by atoms with Crippen molar-refractivity contribution in [2.24, 2.45) is 5.73 Å². The maximum absolute atomic E-state index is 11.1. The van der Waals surface area contributed by atoms with Crippen LogP contribution in [-0.2, 0) is 9.84 Å². The van der Waals surface area contributed by atoms with Gasteiger partial charge in [-0.15, -0.1) is 0 Å². The molecule has 0 amide bonds. The molecule has 2 rings (SSSR count). The minimum absolute atomic E-state index is 0.00399. The highest BCUT2D eigenvalue weighted by molar-refractivity contribution is 7.90. The van der Waals surface area contributed by atoms with Crippen molar-refractivity contribution in [3.05, 3.63) is 24.1 Å². The Labute approximate surface area is 111 Å². The van der Waals surface area contributed by atoms with E-state index in [1.54, 1.807) is 25.3 Å². The van der Waals surface area contributed by atoms with Crippen LogP contribution in [0.4, 0.5) is 0 Å². The van der Waals surface area contributed by atoms with Gasteiger partial charge in [-0.3, -0.25) is 0 Å². The molecule has 2 N–H and O–H groups in total. The lowest BCUT2D eigenvalue weighted by atomic mass is 10.2. The zero-order chi connectivity index (χ0) is 14.0. The van der Waals surface area contributed by atoms with Crippen LogP contribution in [-0.4, -0.2) is 32.5 Å². The molecule has 1 heterocycles. The number of aromatic nitrogens is 1. The molecule has 1 aromatic heterocycles. The predicted molar refractivity (Wildman–Crippen MR) is 71.8 cm³/mol. The van der Waals surface area contributed by atoms with Crippen LogP contribution in [0.2, 0.25) is 0 Å². The van der Waals surface area contributed by atoms with Gasteiger partial charge < -0.3 is 14.9 Å². The third-order valence-corrected chi connectivity index (χ3v) is 3.71. The molecule has 1 aromatic carbocycles. The molecule has 0 saturated carbocycles. The average molecular weight is 284 g/mol. The number of benzene rings is 1. The standard InChI is InChI=1S/C12H16N2O4S/c1-17-9-4-3-5-10-11(9)14-12(18-10)8(13)6-7-19(2,15)16/h3-5,8H,6-7,13H2,1-2H3. The first-order valence-corrected chi connectivity index (χ1v) is 7.83. The van der Waals surface area contributed by atoms with Crippen molar-refractivity contribution in [1.82, 2.24) is 4.98 Å². The summed E-state index contributed by atoms with van der Waals surface area (Å²) in [5, 5.41) is 0. The Kier molecular flexibility index (Phi) is 3.77. The highest BCUT2D eigenvalue weighted by atomic mass is 32.2. The van der Waals surface area contributed by atoms with E-state index < -0.39 is 15.9 Å². The van der Waals surface area contributed by atoms with Gasteiger partial charge in [-0.05, 0) is 18.6 Å². The van der Waals surface area contributed by atoms with Crippen LogP contribution in [0.25, 0.3) is 11.1 Å². The van der Waals surface area contributed by atoms with Gasteiger partial charge in [-0.1, -0.05) is 6.07 Å². The second-order valence-electron chi connectivity index (χ2n) is 4.38. The number of nitrogens with two attached hydrogens (primary N) is 1. The highest BCUT2D eigenvalue weighted by Gasteiger charge is 2.17. The number of fused-ring (bicyclic) bond motifs is 1. The fourth-order valence-corrected chi connectivity index (χ4v) is 2.41. The van der Waals surface area contributed by atoms with Gasteiger partial charge in [0.25, 0.3) is 0 Å². The molecule has 104 valence electrons. The maximum atomic E-state index is 11.1. The number of para-hydroxylation sites is 1. The Morgan fingerprint density at radius 3 is 2.84 bits per heavy atom. The van der Waals surface area contributed by atoms with Crippen molar-refractivity contribution >= 4 is 20.9 Å². The molecule has 0 bridgehead atoms. The Morgan fingerprint density at radius 1 is 1.47 bits per heavy atom. The number of methoxy groups -OCH3 is 1. The van der Waals surface area contributed by atoms with Crippen LogP contribution in [0, 0.1) is 0 Å². The van der Waals surface area contributed by atoms with Crippen LogP contribution in [0.15, 0.2) is 22.6 Å². The molecule has 0 spiro atoms. The minimum atomic E-state index is -3.04. The zero-order valence-electron chi connectivity index (χ0n) is 10.8. The largest absolute Gasteiger partial charge is 0.494 e. The molecule has 0 aliphatic carbocycles. The van der Waals surface area contributed by atoms with Crippen LogP contribution in [0.5, 0.6) is 5.75 Å². The summed E-state index contributed by atoms with van der Waals surface area (Å²) in [5.41, 5.74) is 7.06. The van der Waals surface area contributed by atoms with Crippen LogP contribution >= 0.6 is 0 Å². The van der Waals surface area contributed by atoms with E-state index in [9.17, 15) is 8.42 Å². The summed E-state index contributed by atoms with van der Waals surface area (Å²) in [6.45, 7) is 0. The van der Waals surface area contributed by atoms with Gasteiger partial charge in [0.2, 0.25) is 5.89 Å². The fraction of sp³-hybridized carbons (Fsp3) is 0.417. The first-order chi connectivity index (χ1) is 8.90. The molecule has 6 nitrogen and oxygen atoms in total. The highest BCUT2D eigenvalue weighted by Crippen LogP contribution is 2.27. The Bertz CT molecular complexity index is 678. The topological polar surface area (TPSA) is 95.4 Å². The predicted octanol–water partition coefficient (Wildman–Crippen LogP) is 1.27. The summed E-state index contributed by atoms with van der Waals surface area (Å²) in [7, 11) is -1.50. The van der Waals surface area contributed by atoms with Gasteiger partial charge in [-0.2, -0.15) is 0 Å². The SMILES string of the molecule is COc1cccc2oc(C(N)CCS(C)(=O)=O)nc12. The molecule has 7 heteroatoms. The fourth-order valence-electron chi connectivity index (χ4n) is 1.73. The third-order valence-electron chi connectivity index (χ3n) is 2.74. The summed E-state index contributed by atoms with van der Waals surface area (Å²) in [5.74, 6) is 0.926. The van der Waals surface area contributed by atoms with Crippen molar-refractivity contribution < 1.29 is 17.6 Å².